The van der Waals surface area contributed by atoms with E-state index in [9.17, 15) is 4.79 Å². The lowest BCUT2D eigenvalue weighted by atomic mass is 10.2. The molecule has 4 heterocycles. The highest BCUT2D eigenvalue weighted by atomic mass is 16.1. The van der Waals surface area contributed by atoms with Crippen LogP contribution in [0.5, 0.6) is 0 Å². The van der Waals surface area contributed by atoms with E-state index in [-0.39, 0.29) is 5.91 Å². The molecular weight excluding hydrogens is 418 g/mol. The lowest BCUT2D eigenvalue weighted by Crippen LogP contribution is -2.23. The first-order chi connectivity index (χ1) is 16.2. The predicted molar refractivity (Wildman–Crippen MR) is 122 cm³/mol. The number of pyridine rings is 1. The zero-order valence-electron chi connectivity index (χ0n) is 17.9. The molecule has 0 unspecified atom stereocenters. The van der Waals surface area contributed by atoms with Crippen molar-refractivity contribution in [1.82, 2.24) is 39.4 Å². The van der Waals surface area contributed by atoms with Crippen LogP contribution in [0.1, 0.15) is 21.9 Å². The number of fused-ring (bicyclic) bond motifs is 1. The van der Waals surface area contributed by atoms with Crippen LogP contribution in [0.2, 0.25) is 0 Å². The van der Waals surface area contributed by atoms with Gasteiger partial charge in [-0.15, -0.1) is 10.2 Å². The summed E-state index contributed by atoms with van der Waals surface area (Å²) in [7, 11) is 1.89. The third-order valence-corrected chi connectivity index (χ3v) is 5.28. The Morgan fingerprint density at radius 1 is 1.03 bits per heavy atom. The summed E-state index contributed by atoms with van der Waals surface area (Å²) in [5.41, 5.74) is 3.84. The standard InChI is InChI=1S/C23H21N9O/c1-31-21(29-30-22(31)19-8-9-24-15-28-19)14-25-17-6-4-5-16(11-17)23(33)27-13-18-12-26-20-7-2-3-10-32(18)20/h2-12,15,25H,13-14H2,1H3,(H,27,33). The van der Waals surface area contributed by atoms with E-state index in [4.69, 9.17) is 0 Å². The third kappa shape index (κ3) is 4.26. The second kappa shape index (κ2) is 8.87. The molecule has 0 fully saturated rings. The zero-order valence-corrected chi connectivity index (χ0v) is 17.9. The van der Waals surface area contributed by atoms with Crippen LogP contribution >= 0.6 is 0 Å². The van der Waals surface area contributed by atoms with E-state index >= 15 is 0 Å². The Morgan fingerprint density at radius 3 is 2.85 bits per heavy atom. The quantitative estimate of drug-likeness (QED) is 0.400. The zero-order chi connectivity index (χ0) is 22.6. The van der Waals surface area contributed by atoms with E-state index < -0.39 is 0 Å². The molecule has 0 spiro atoms. The molecule has 0 aliphatic heterocycles. The van der Waals surface area contributed by atoms with Gasteiger partial charge in [-0.1, -0.05) is 12.1 Å². The molecule has 5 aromatic rings. The van der Waals surface area contributed by atoms with Gasteiger partial charge in [0.05, 0.1) is 25.0 Å². The number of nitrogens with zero attached hydrogens (tertiary/aromatic N) is 7. The highest BCUT2D eigenvalue weighted by Crippen LogP contribution is 2.16. The van der Waals surface area contributed by atoms with Crippen LogP contribution in [0.3, 0.4) is 0 Å². The molecule has 33 heavy (non-hydrogen) atoms. The van der Waals surface area contributed by atoms with Gasteiger partial charge >= 0.3 is 0 Å². The van der Waals surface area contributed by atoms with E-state index in [1.807, 2.05) is 58.6 Å². The maximum atomic E-state index is 12.7. The monoisotopic (exact) mass is 439 g/mol. The summed E-state index contributed by atoms with van der Waals surface area (Å²) in [6.45, 7) is 0.827. The topological polar surface area (TPSA) is 115 Å². The van der Waals surface area contributed by atoms with Crippen molar-refractivity contribution in [3.63, 3.8) is 0 Å². The van der Waals surface area contributed by atoms with Crippen LogP contribution in [0.4, 0.5) is 5.69 Å². The summed E-state index contributed by atoms with van der Waals surface area (Å²) in [5.74, 6) is 1.25. The lowest BCUT2D eigenvalue weighted by molar-refractivity contribution is 0.0950. The second-order valence-corrected chi connectivity index (χ2v) is 7.39. The molecule has 164 valence electrons. The van der Waals surface area contributed by atoms with Gasteiger partial charge in [0, 0.05) is 30.7 Å². The Balaban J connectivity index is 1.23. The van der Waals surface area contributed by atoms with Gasteiger partial charge in [-0.25, -0.2) is 15.0 Å². The Kier molecular flexibility index (Phi) is 5.46. The van der Waals surface area contributed by atoms with E-state index in [1.165, 1.54) is 6.33 Å². The van der Waals surface area contributed by atoms with E-state index in [2.05, 4.69) is 35.8 Å². The number of rotatable bonds is 7. The van der Waals surface area contributed by atoms with Gasteiger partial charge in [0.2, 0.25) is 0 Å². The highest BCUT2D eigenvalue weighted by molar-refractivity contribution is 5.95. The third-order valence-electron chi connectivity index (χ3n) is 5.28. The Bertz CT molecular complexity index is 1410. The molecule has 0 saturated heterocycles. The van der Waals surface area contributed by atoms with E-state index in [1.54, 1.807) is 24.5 Å². The van der Waals surface area contributed by atoms with Gasteiger partial charge in [0.25, 0.3) is 5.91 Å². The number of hydrogen-bond acceptors (Lipinski definition) is 7. The molecule has 1 aromatic carbocycles. The van der Waals surface area contributed by atoms with Gasteiger partial charge in [-0.05, 0) is 36.4 Å². The molecule has 5 rings (SSSR count). The lowest BCUT2D eigenvalue weighted by Gasteiger charge is -2.09. The second-order valence-electron chi connectivity index (χ2n) is 7.39. The molecule has 0 aliphatic rings. The number of hydrogen-bond donors (Lipinski definition) is 2. The van der Waals surface area contributed by atoms with Crippen molar-refractivity contribution in [1.29, 1.82) is 0 Å². The van der Waals surface area contributed by atoms with Crippen molar-refractivity contribution in [3.8, 4) is 11.5 Å². The van der Waals surface area contributed by atoms with Crippen molar-refractivity contribution < 1.29 is 4.79 Å². The molecule has 10 nitrogen and oxygen atoms in total. The van der Waals surface area contributed by atoms with Gasteiger partial charge in [-0.2, -0.15) is 0 Å². The molecule has 2 N–H and O–H groups in total. The molecule has 0 aliphatic carbocycles. The fourth-order valence-corrected chi connectivity index (χ4v) is 3.50. The summed E-state index contributed by atoms with van der Waals surface area (Å²) < 4.78 is 3.83. The van der Waals surface area contributed by atoms with Crippen LogP contribution in [-0.4, -0.2) is 40.0 Å². The van der Waals surface area contributed by atoms with Crippen molar-refractivity contribution >= 4 is 17.2 Å². The number of anilines is 1. The average molecular weight is 439 g/mol. The largest absolute Gasteiger partial charge is 0.378 e. The molecule has 1 amide bonds. The minimum atomic E-state index is -0.158. The summed E-state index contributed by atoms with van der Waals surface area (Å²) in [5, 5.41) is 14.7. The maximum Gasteiger partial charge on any atom is 0.251 e. The van der Waals surface area contributed by atoms with Gasteiger partial charge in [-0.3, -0.25) is 4.79 Å². The highest BCUT2D eigenvalue weighted by Gasteiger charge is 2.12. The van der Waals surface area contributed by atoms with Crippen LogP contribution in [0.25, 0.3) is 17.2 Å². The summed E-state index contributed by atoms with van der Waals surface area (Å²) in [4.78, 5) is 25.2. The van der Waals surface area contributed by atoms with Gasteiger partial charge in [0.1, 0.15) is 17.7 Å². The fraction of sp³-hybridized carbons (Fsp3) is 0.130. The summed E-state index contributed by atoms with van der Waals surface area (Å²) in [6, 6.07) is 14.9. The molecule has 0 atom stereocenters. The van der Waals surface area contributed by atoms with Crippen molar-refractivity contribution in [2.75, 3.05) is 5.32 Å². The molecular formula is C23H21N9O. The molecule has 0 bridgehead atoms. The normalized spacial score (nSPS) is 10.9. The van der Waals surface area contributed by atoms with E-state index in [0.29, 0.717) is 30.2 Å². The molecule has 0 saturated carbocycles. The average Bonchev–Trinajstić information content (AvgIpc) is 3.45. The Hall–Kier alpha value is -4.60. The molecule has 0 radical (unpaired) electrons. The first kappa shape index (κ1) is 20.3. The van der Waals surface area contributed by atoms with Crippen LogP contribution in [-0.2, 0) is 20.1 Å². The fourth-order valence-electron chi connectivity index (χ4n) is 3.50. The molecule has 10 heteroatoms. The van der Waals surface area contributed by atoms with E-state index in [0.717, 1.165) is 22.9 Å². The van der Waals surface area contributed by atoms with Gasteiger partial charge in [0.15, 0.2) is 11.6 Å². The first-order valence-corrected chi connectivity index (χ1v) is 10.4. The Morgan fingerprint density at radius 2 is 1.97 bits per heavy atom. The van der Waals surface area contributed by atoms with Crippen LogP contribution < -0.4 is 10.6 Å². The smallest absolute Gasteiger partial charge is 0.251 e. The number of carbonyl (C=O) groups excluding carboxylic acids is 1. The minimum Gasteiger partial charge on any atom is -0.378 e. The van der Waals surface area contributed by atoms with Crippen LogP contribution in [0.15, 0.2) is 73.4 Å². The van der Waals surface area contributed by atoms with Crippen LogP contribution in [0, 0.1) is 0 Å². The molecule has 4 aromatic heterocycles. The summed E-state index contributed by atoms with van der Waals surface area (Å²) in [6.07, 6.45) is 6.84. The number of amides is 1. The number of carbonyl (C=O) groups is 1. The number of benzene rings is 1. The number of nitrogens with one attached hydrogen (secondary N) is 2. The first-order valence-electron chi connectivity index (χ1n) is 10.4. The number of aromatic nitrogens is 7. The van der Waals surface area contributed by atoms with Crippen molar-refractivity contribution in [2.24, 2.45) is 7.05 Å². The van der Waals surface area contributed by atoms with Crippen molar-refractivity contribution in [3.05, 3.63) is 90.5 Å². The maximum absolute atomic E-state index is 12.7. The number of imidazole rings is 1. The van der Waals surface area contributed by atoms with Gasteiger partial charge < -0.3 is 19.6 Å². The predicted octanol–water partition coefficient (Wildman–Crippen LogP) is 2.46. The summed E-state index contributed by atoms with van der Waals surface area (Å²) >= 11 is 0. The van der Waals surface area contributed by atoms with Crippen molar-refractivity contribution in [2.45, 2.75) is 13.1 Å². The minimum absolute atomic E-state index is 0.158. The SMILES string of the molecule is Cn1c(CNc2cccc(C(=O)NCc3cnc4ccccn34)c2)nnc1-c1ccncn1. The Labute approximate surface area is 189 Å².